The number of allylic oxidation sites excluding steroid dienone is 1. The van der Waals surface area contributed by atoms with E-state index in [1.807, 2.05) is 13.0 Å². The summed E-state index contributed by atoms with van der Waals surface area (Å²) in [5.74, 6) is 0.465. The fourth-order valence-corrected chi connectivity index (χ4v) is 1.06. The van der Waals surface area contributed by atoms with Gasteiger partial charge in [0.2, 0.25) is 0 Å². The highest BCUT2D eigenvalue weighted by atomic mass is 16.5. The molecule has 1 atom stereocenters. The van der Waals surface area contributed by atoms with E-state index in [0.717, 1.165) is 19.7 Å². The van der Waals surface area contributed by atoms with Crippen LogP contribution in [0.25, 0.3) is 0 Å². The summed E-state index contributed by atoms with van der Waals surface area (Å²) in [4.78, 5) is 2.27. The van der Waals surface area contributed by atoms with Crippen molar-refractivity contribution in [3.63, 3.8) is 0 Å². The van der Waals surface area contributed by atoms with E-state index >= 15 is 0 Å². The van der Waals surface area contributed by atoms with Crippen molar-refractivity contribution in [2.75, 3.05) is 19.7 Å². The van der Waals surface area contributed by atoms with E-state index in [1.165, 1.54) is 0 Å². The van der Waals surface area contributed by atoms with E-state index < -0.39 is 0 Å². The van der Waals surface area contributed by atoms with Gasteiger partial charge in [-0.05, 0) is 27.0 Å². The van der Waals surface area contributed by atoms with Crippen molar-refractivity contribution in [2.24, 2.45) is 5.92 Å². The Balaban J connectivity index is 3.73. The van der Waals surface area contributed by atoms with Crippen LogP contribution >= 0.6 is 0 Å². The molecule has 0 spiro atoms. The van der Waals surface area contributed by atoms with Crippen molar-refractivity contribution in [2.45, 2.75) is 27.7 Å². The second kappa shape index (κ2) is 8.67. The molecule has 0 unspecified atom stereocenters. The third-order valence-corrected chi connectivity index (χ3v) is 2.03. The van der Waals surface area contributed by atoms with Gasteiger partial charge in [-0.2, -0.15) is 0 Å². The van der Waals surface area contributed by atoms with Gasteiger partial charge in [-0.3, -0.25) is 0 Å². The summed E-state index contributed by atoms with van der Waals surface area (Å²) in [5, 5.41) is 0. The SMILES string of the molecule is CC=COC[C@H](C)/C=C/N(CC)CC. The van der Waals surface area contributed by atoms with Crippen molar-refractivity contribution in [1.29, 1.82) is 0 Å². The van der Waals surface area contributed by atoms with Gasteiger partial charge in [-0.25, -0.2) is 0 Å². The monoisotopic (exact) mass is 197 g/mol. The first-order valence-corrected chi connectivity index (χ1v) is 5.39. The van der Waals surface area contributed by atoms with Crippen LogP contribution in [-0.4, -0.2) is 24.6 Å². The molecule has 0 saturated carbocycles. The molecule has 0 bridgehead atoms. The Hall–Kier alpha value is -0.920. The summed E-state index contributed by atoms with van der Waals surface area (Å²) in [7, 11) is 0. The molecule has 0 fully saturated rings. The Bertz CT molecular complexity index is 171. The van der Waals surface area contributed by atoms with E-state index in [0.29, 0.717) is 5.92 Å². The third-order valence-electron chi connectivity index (χ3n) is 2.03. The summed E-state index contributed by atoms with van der Waals surface area (Å²) in [6.45, 7) is 11.3. The zero-order valence-corrected chi connectivity index (χ0v) is 9.86. The first-order valence-electron chi connectivity index (χ1n) is 5.39. The van der Waals surface area contributed by atoms with Crippen molar-refractivity contribution in [3.8, 4) is 0 Å². The first-order chi connectivity index (χ1) is 6.74. The molecular weight excluding hydrogens is 174 g/mol. The third kappa shape index (κ3) is 6.58. The second-order valence-corrected chi connectivity index (χ2v) is 3.34. The molecule has 0 radical (unpaired) electrons. The summed E-state index contributed by atoms with van der Waals surface area (Å²) >= 11 is 0. The number of nitrogens with zero attached hydrogens (tertiary/aromatic N) is 1. The van der Waals surface area contributed by atoms with Crippen molar-refractivity contribution in [3.05, 3.63) is 24.6 Å². The molecule has 0 rings (SSSR count). The maximum absolute atomic E-state index is 5.29. The summed E-state index contributed by atoms with van der Waals surface area (Å²) in [5.41, 5.74) is 0. The minimum Gasteiger partial charge on any atom is -0.501 e. The van der Waals surface area contributed by atoms with Gasteiger partial charge in [0.25, 0.3) is 0 Å². The lowest BCUT2D eigenvalue weighted by atomic mass is 10.2. The van der Waals surface area contributed by atoms with Crippen LogP contribution in [0.15, 0.2) is 24.6 Å². The molecular formula is C12H23NO. The van der Waals surface area contributed by atoms with E-state index in [9.17, 15) is 0 Å². The van der Waals surface area contributed by atoms with Crippen LogP contribution in [0, 0.1) is 5.92 Å². The standard InChI is InChI=1S/C12H23NO/c1-5-10-14-11-12(4)8-9-13(6-2)7-3/h5,8-10,12H,6-7,11H2,1-4H3/b9-8+,10-5?/t12-/m1/s1. The Morgan fingerprint density at radius 3 is 2.43 bits per heavy atom. The van der Waals surface area contributed by atoms with Crippen LogP contribution in [0.5, 0.6) is 0 Å². The lowest BCUT2D eigenvalue weighted by molar-refractivity contribution is 0.221. The molecule has 0 aromatic rings. The van der Waals surface area contributed by atoms with Crippen LogP contribution < -0.4 is 0 Å². The molecule has 0 aliphatic heterocycles. The van der Waals surface area contributed by atoms with Gasteiger partial charge in [-0.1, -0.05) is 19.1 Å². The van der Waals surface area contributed by atoms with Crippen molar-refractivity contribution in [1.82, 2.24) is 4.90 Å². The zero-order chi connectivity index (χ0) is 10.8. The molecule has 2 nitrogen and oxygen atoms in total. The highest BCUT2D eigenvalue weighted by molar-refractivity contribution is 4.86. The lowest BCUT2D eigenvalue weighted by Gasteiger charge is -2.15. The predicted octanol–water partition coefficient (Wildman–Crippen LogP) is 3.03. The number of hydrogen-bond acceptors (Lipinski definition) is 2. The first kappa shape index (κ1) is 13.1. The molecule has 82 valence electrons. The van der Waals surface area contributed by atoms with Crippen LogP contribution in [0.3, 0.4) is 0 Å². The van der Waals surface area contributed by atoms with Gasteiger partial charge in [0, 0.05) is 19.0 Å². The van der Waals surface area contributed by atoms with Crippen LogP contribution in [0.2, 0.25) is 0 Å². The zero-order valence-electron chi connectivity index (χ0n) is 9.86. The molecule has 0 N–H and O–H groups in total. The second-order valence-electron chi connectivity index (χ2n) is 3.34. The van der Waals surface area contributed by atoms with Gasteiger partial charge in [-0.15, -0.1) is 0 Å². The molecule has 2 heteroatoms. The average molecular weight is 197 g/mol. The molecule has 0 amide bonds. The van der Waals surface area contributed by atoms with Gasteiger partial charge in [0.15, 0.2) is 0 Å². The molecule has 0 aliphatic carbocycles. The number of hydrogen-bond donors (Lipinski definition) is 0. The van der Waals surface area contributed by atoms with E-state index in [4.69, 9.17) is 4.74 Å². The lowest BCUT2D eigenvalue weighted by Crippen LogP contribution is -2.16. The smallest absolute Gasteiger partial charge is 0.0933 e. The number of rotatable bonds is 7. The molecule has 0 aromatic carbocycles. The molecule has 0 heterocycles. The van der Waals surface area contributed by atoms with Gasteiger partial charge >= 0.3 is 0 Å². The molecule has 0 aliphatic rings. The van der Waals surface area contributed by atoms with Gasteiger partial charge in [0.05, 0.1) is 12.9 Å². The highest BCUT2D eigenvalue weighted by Crippen LogP contribution is 2.00. The maximum Gasteiger partial charge on any atom is 0.0933 e. The Morgan fingerprint density at radius 2 is 1.93 bits per heavy atom. The quantitative estimate of drug-likeness (QED) is 0.582. The van der Waals surface area contributed by atoms with Crippen LogP contribution in [-0.2, 0) is 4.74 Å². The van der Waals surface area contributed by atoms with Gasteiger partial charge in [0.1, 0.15) is 0 Å². The Labute approximate surface area is 88.2 Å². The molecule has 0 aromatic heterocycles. The van der Waals surface area contributed by atoms with Crippen LogP contribution in [0.4, 0.5) is 0 Å². The summed E-state index contributed by atoms with van der Waals surface area (Å²) < 4.78 is 5.29. The molecule has 0 saturated heterocycles. The molecule has 14 heavy (non-hydrogen) atoms. The predicted molar refractivity (Wildman–Crippen MR) is 62.0 cm³/mol. The minimum absolute atomic E-state index is 0.465. The topological polar surface area (TPSA) is 12.5 Å². The Kier molecular flexibility index (Phi) is 8.10. The van der Waals surface area contributed by atoms with E-state index in [1.54, 1.807) is 6.26 Å². The van der Waals surface area contributed by atoms with Crippen molar-refractivity contribution < 1.29 is 4.74 Å². The Morgan fingerprint density at radius 1 is 1.29 bits per heavy atom. The largest absolute Gasteiger partial charge is 0.501 e. The normalized spacial score (nSPS) is 13.7. The van der Waals surface area contributed by atoms with Crippen LogP contribution in [0.1, 0.15) is 27.7 Å². The van der Waals surface area contributed by atoms with E-state index in [2.05, 4.69) is 37.9 Å². The average Bonchev–Trinajstić information content (AvgIpc) is 2.20. The van der Waals surface area contributed by atoms with Gasteiger partial charge < -0.3 is 9.64 Å². The van der Waals surface area contributed by atoms with Crippen molar-refractivity contribution >= 4 is 0 Å². The maximum atomic E-state index is 5.29. The highest BCUT2D eigenvalue weighted by Gasteiger charge is 1.96. The number of ether oxygens (including phenoxy) is 1. The fourth-order valence-electron chi connectivity index (χ4n) is 1.06. The fraction of sp³-hybridized carbons (Fsp3) is 0.667. The summed E-state index contributed by atoms with van der Waals surface area (Å²) in [6, 6.07) is 0. The van der Waals surface area contributed by atoms with E-state index in [-0.39, 0.29) is 0 Å². The minimum atomic E-state index is 0.465. The summed E-state index contributed by atoms with van der Waals surface area (Å²) in [6.07, 6.45) is 7.99.